The standard InChI is InChI=1S/C14H10Br2N2O3/c15-8-5-10(14(20)21)12(11(16)6-8)18-13(19)7-1-3-9(17)4-2-7/h1-6H,17H2,(H,18,19)(H,20,21). The predicted octanol–water partition coefficient (Wildman–Crippen LogP) is 3.74. The van der Waals surface area contributed by atoms with Gasteiger partial charge in [-0.2, -0.15) is 0 Å². The molecule has 2 rings (SSSR count). The average molecular weight is 414 g/mol. The summed E-state index contributed by atoms with van der Waals surface area (Å²) in [6, 6.07) is 9.42. The van der Waals surface area contributed by atoms with Crippen LogP contribution < -0.4 is 11.1 Å². The Labute approximate surface area is 137 Å². The quantitative estimate of drug-likeness (QED) is 0.668. The number of aromatic carboxylic acids is 1. The van der Waals surface area contributed by atoms with Gasteiger partial charge in [0.15, 0.2) is 0 Å². The summed E-state index contributed by atoms with van der Waals surface area (Å²) < 4.78 is 1.07. The molecule has 0 aliphatic carbocycles. The van der Waals surface area contributed by atoms with Crippen LogP contribution in [-0.2, 0) is 0 Å². The van der Waals surface area contributed by atoms with Crippen LogP contribution in [0.1, 0.15) is 20.7 Å². The normalized spacial score (nSPS) is 10.2. The molecule has 0 atom stereocenters. The molecule has 0 saturated heterocycles. The van der Waals surface area contributed by atoms with Gasteiger partial charge in [0.2, 0.25) is 0 Å². The second-order valence-electron chi connectivity index (χ2n) is 4.19. The van der Waals surface area contributed by atoms with Crippen molar-refractivity contribution in [3.8, 4) is 0 Å². The third-order valence-electron chi connectivity index (χ3n) is 2.70. The summed E-state index contributed by atoms with van der Waals surface area (Å²) in [7, 11) is 0. The lowest BCUT2D eigenvalue weighted by atomic mass is 10.1. The van der Waals surface area contributed by atoms with Gasteiger partial charge in [-0.05, 0) is 52.3 Å². The number of hydrogen-bond acceptors (Lipinski definition) is 3. The molecule has 5 nitrogen and oxygen atoms in total. The first-order valence-corrected chi connectivity index (χ1v) is 7.36. The minimum Gasteiger partial charge on any atom is -0.478 e. The van der Waals surface area contributed by atoms with E-state index in [-0.39, 0.29) is 11.3 Å². The number of hydrogen-bond donors (Lipinski definition) is 3. The molecule has 2 aromatic carbocycles. The highest BCUT2D eigenvalue weighted by Gasteiger charge is 2.17. The number of rotatable bonds is 3. The molecule has 0 bridgehead atoms. The van der Waals surface area contributed by atoms with Crippen LogP contribution in [0.3, 0.4) is 0 Å². The number of anilines is 2. The second kappa shape index (κ2) is 6.28. The Bertz CT molecular complexity index is 715. The van der Waals surface area contributed by atoms with Gasteiger partial charge < -0.3 is 16.2 Å². The molecule has 1 amide bonds. The number of amides is 1. The number of benzene rings is 2. The number of carboxylic acid groups (broad SMARTS) is 1. The minimum atomic E-state index is -1.13. The minimum absolute atomic E-state index is 0.0138. The lowest BCUT2D eigenvalue weighted by Crippen LogP contribution is -2.15. The molecule has 0 unspecified atom stereocenters. The Balaban J connectivity index is 2.37. The fourth-order valence-corrected chi connectivity index (χ4v) is 3.01. The third-order valence-corrected chi connectivity index (χ3v) is 3.78. The molecule has 0 saturated carbocycles. The molecule has 0 aliphatic rings. The van der Waals surface area contributed by atoms with Crippen molar-refractivity contribution in [1.29, 1.82) is 0 Å². The van der Waals surface area contributed by atoms with Gasteiger partial charge in [0.25, 0.3) is 5.91 Å². The Hall–Kier alpha value is -1.86. The first kappa shape index (κ1) is 15.5. The fourth-order valence-electron chi connectivity index (χ4n) is 1.69. The SMILES string of the molecule is Nc1ccc(C(=O)Nc2c(Br)cc(Br)cc2C(=O)O)cc1. The second-order valence-corrected chi connectivity index (χ2v) is 5.96. The lowest BCUT2D eigenvalue weighted by molar-refractivity contribution is 0.0698. The van der Waals surface area contributed by atoms with Crippen LogP contribution in [0.4, 0.5) is 11.4 Å². The van der Waals surface area contributed by atoms with E-state index in [1.165, 1.54) is 6.07 Å². The number of nitrogens with one attached hydrogen (secondary N) is 1. The van der Waals surface area contributed by atoms with Crippen molar-refractivity contribution in [2.75, 3.05) is 11.1 Å². The maximum atomic E-state index is 12.2. The van der Waals surface area contributed by atoms with Gasteiger partial charge in [-0.25, -0.2) is 4.79 Å². The van der Waals surface area contributed by atoms with Crippen LogP contribution in [-0.4, -0.2) is 17.0 Å². The van der Waals surface area contributed by atoms with Gasteiger partial charge in [-0.1, -0.05) is 15.9 Å². The zero-order valence-electron chi connectivity index (χ0n) is 10.6. The number of nitrogen functional groups attached to an aromatic ring is 1. The van der Waals surface area contributed by atoms with Crippen LogP contribution in [0.5, 0.6) is 0 Å². The van der Waals surface area contributed by atoms with Crippen molar-refractivity contribution >= 4 is 55.1 Å². The van der Waals surface area contributed by atoms with E-state index in [1.54, 1.807) is 30.3 Å². The molecular formula is C14H10Br2N2O3. The van der Waals surface area contributed by atoms with Crippen molar-refractivity contribution in [2.24, 2.45) is 0 Å². The smallest absolute Gasteiger partial charge is 0.337 e. The fraction of sp³-hybridized carbons (Fsp3) is 0. The van der Waals surface area contributed by atoms with Crippen molar-refractivity contribution in [1.82, 2.24) is 0 Å². The molecule has 2 aromatic rings. The van der Waals surface area contributed by atoms with E-state index in [4.69, 9.17) is 5.73 Å². The number of carboxylic acids is 1. The molecular weight excluding hydrogens is 404 g/mol. The Kier molecular flexibility index (Phi) is 4.64. The number of nitrogens with two attached hydrogens (primary N) is 1. The van der Waals surface area contributed by atoms with Crippen LogP contribution in [0, 0.1) is 0 Å². The zero-order valence-corrected chi connectivity index (χ0v) is 13.7. The highest BCUT2D eigenvalue weighted by molar-refractivity contribution is 9.11. The topological polar surface area (TPSA) is 92.4 Å². The monoisotopic (exact) mass is 412 g/mol. The summed E-state index contributed by atoms with van der Waals surface area (Å²) in [6.07, 6.45) is 0. The van der Waals surface area contributed by atoms with Crippen LogP contribution in [0.25, 0.3) is 0 Å². The highest BCUT2D eigenvalue weighted by atomic mass is 79.9. The number of halogens is 2. The molecule has 4 N–H and O–H groups in total. The molecule has 0 fully saturated rings. The lowest BCUT2D eigenvalue weighted by Gasteiger charge is -2.11. The van der Waals surface area contributed by atoms with Crippen molar-refractivity contribution in [2.45, 2.75) is 0 Å². The van der Waals surface area contributed by atoms with Gasteiger partial charge in [0.1, 0.15) is 0 Å². The summed E-state index contributed by atoms with van der Waals surface area (Å²) in [5, 5.41) is 11.8. The van der Waals surface area contributed by atoms with Crippen molar-refractivity contribution < 1.29 is 14.7 Å². The van der Waals surface area contributed by atoms with E-state index in [9.17, 15) is 14.7 Å². The third kappa shape index (κ3) is 3.62. The van der Waals surface area contributed by atoms with E-state index in [0.29, 0.717) is 20.2 Å². The van der Waals surface area contributed by atoms with Crippen molar-refractivity contribution in [3.63, 3.8) is 0 Å². The molecule has 0 aliphatic heterocycles. The summed E-state index contributed by atoms with van der Waals surface area (Å²) in [5.74, 6) is -1.55. The van der Waals surface area contributed by atoms with E-state index in [2.05, 4.69) is 37.2 Å². The van der Waals surface area contributed by atoms with Crippen LogP contribution >= 0.6 is 31.9 Å². The summed E-state index contributed by atoms with van der Waals surface area (Å²) >= 11 is 6.47. The molecule has 108 valence electrons. The molecule has 0 radical (unpaired) electrons. The highest BCUT2D eigenvalue weighted by Crippen LogP contribution is 2.31. The number of carbonyl (C=O) groups is 2. The zero-order chi connectivity index (χ0) is 15.6. The molecule has 0 heterocycles. The van der Waals surface area contributed by atoms with Gasteiger partial charge in [-0.3, -0.25) is 4.79 Å². The summed E-state index contributed by atoms with van der Waals surface area (Å²) in [4.78, 5) is 23.4. The van der Waals surface area contributed by atoms with Crippen LogP contribution in [0.2, 0.25) is 0 Å². The van der Waals surface area contributed by atoms with Gasteiger partial charge in [-0.15, -0.1) is 0 Å². The van der Waals surface area contributed by atoms with E-state index in [1.807, 2.05) is 0 Å². The average Bonchev–Trinajstić information content (AvgIpc) is 2.41. The molecule has 21 heavy (non-hydrogen) atoms. The largest absolute Gasteiger partial charge is 0.478 e. The Morgan fingerprint density at radius 2 is 1.71 bits per heavy atom. The molecule has 0 aromatic heterocycles. The van der Waals surface area contributed by atoms with Gasteiger partial charge in [0, 0.05) is 20.2 Å². The maximum Gasteiger partial charge on any atom is 0.337 e. The van der Waals surface area contributed by atoms with Crippen LogP contribution in [0.15, 0.2) is 45.3 Å². The Morgan fingerprint density at radius 3 is 2.29 bits per heavy atom. The van der Waals surface area contributed by atoms with E-state index < -0.39 is 11.9 Å². The van der Waals surface area contributed by atoms with E-state index >= 15 is 0 Å². The van der Waals surface area contributed by atoms with E-state index in [0.717, 1.165) is 0 Å². The van der Waals surface area contributed by atoms with Gasteiger partial charge >= 0.3 is 5.97 Å². The number of carbonyl (C=O) groups excluding carboxylic acids is 1. The first-order valence-electron chi connectivity index (χ1n) is 5.77. The summed E-state index contributed by atoms with van der Waals surface area (Å²) in [5.41, 5.74) is 6.68. The summed E-state index contributed by atoms with van der Waals surface area (Å²) in [6.45, 7) is 0. The molecule has 0 spiro atoms. The molecule has 7 heteroatoms. The van der Waals surface area contributed by atoms with Crippen molar-refractivity contribution in [3.05, 3.63) is 56.5 Å². The Morgan fingerprint density at radius 1 is 1.10 bits per heavy atom. The van der Waals surface area contributed by atoms with Gasteiger partial charge in [0.05, 0.1) is 11.3 Å². The predicted molar refractivity (Wildman–Crippen MR) is 87.6 cm³/mol. The maximum absolute atomic E-state index is 12.2. The first-order chi connectivity index (χ1) is 9.88.